The molecule has 2 aromatic carbocycles. The number of likely N-dealkylation sites (tertiary alicyclic amines) is 1. The van der Waals surface area contributed by atoms with Crippen molar-refractivity contribution >= 4 is 6.29 Å². The fraction of sp³-hybridized carbons (Fsp3) is 0.350. The number of aldehydes is 1. The van der Waals surface area contributed by atoms with Crippen LogP contribution in [-0.4, -0.2) is 41.2 Å². The van der Waals surface area contributed by atoms with Gasteiger partial charge in [0.15, 0.2) is 6.29 Å². The Morgan fingerprint density at radius 3 is 2.12 bits per heavy atom. The van der Waals surface area contributed by atoms with E-state index < -0.39 is 11.8 Å². The smallest absolute Gasteiger partial charge is 0.209 e. The zero-order chi connectivity index (χ0) is 18.6. The molecule has 0 amide bonds. The summed E-state index contributed by atoms with van der Waals surface area (Å²) in [7, 11) is 0. The number of carbonyl (C=O) groups is 1. The van der Waals surface area contributed by atoms with Crippen LogP contribution < -0.4 is 4.74 Å². The van der Waals surface area contributed by atoms with Crippen molar-refractivity contribution in [1.82, 2.24) is 4.90 Å². The van der Waals surface area contributed by atoms with E-state index in [0.717, 1.165) is 5.56 Å². The molecule has 26 heavy (non-hydrogen) atoms. The van der Waals surface area contributed by atoms with E-state index in [9.17, 15) is 18.7 Å². The molecule has 3 rings (SSSR count). The fourth-order valence-corrected chi connectivity index (χ4v) is 3.19. The molecule has 0 spiro atoms. The Kier molecular flexibility index (Phi) is 5.64. The first kappa shape index (κ1) is 18.5. The van der Waals surface area contributed by atoms with Crippen molar-refractivity contribution in [2.75, 3.05) is 13.1 Å². The maximum Gasteiger partial charge on any atom is 0.209 e. The van der Waals surface area contributed by atoms with Gasteiger partial charge >= 0.3 is 0 Å². The van der Waals surface area contributed by atoms with Gasteiger partial charge in [0, 0.05) is 19.5 Å². The highest BCUT2D eigenvalue weighted by molar-refractivity contribution is 5.56. The van der Waals surface area contributed by atoms with Crippen molar-refractivity contribution in [2.24, 2.45) is 0 Å². The summed E-state index contributed by atoms with van der Waals surface area (Å²) in [5, 5.41) is 10.8. The summed E-state index contributed by atoms with van der Waals surface area (Å²) in [6.45, 7) is 0.977. The SMILES string of the molecule is O=CC(Oc1ccc(F)cc1)N1CCC(O)(Cc2ccc(F)cc2)CC1. The highest BCUT2D eigenvalue weighted by atomic mass is 19.1. The third-order valence-corrected chi connectivity index (χ3v) is 4.72. The quantitative estimate of drug-likeness (QED) is 0.804. The third-order valence-electron chi connectivity index (χ3n) is 4.72. The van der Waals surface area contributed by atoms with Gasteiger partial charge in [0.2, 0.25) is 6.23 Å². The second-order valence-electron chi connectivity index (χ2n) is 6.66. The van der Waals surface area contributed by atoms with Crippen LogP contribution >= 0.6 is 0 Å². The number of rotatable bonds is 6. The Morgan fingerprint density at radius 2 is 1.58 bits per heavy atom. The summed E-state index contributed by atoms with van der Waals surface area (Å²) < 4.78 is 31.6. The molecule has 6 heteroatoms. The van der Waals surface area contributed by atoms with Gasteiger partial charge in [0.25, 0.3) is 0 Å². The first-order valence-electron chi connectivity index (χ1n) is 8.56. The van der Waals surface area contributed by atoms with E-state index >= 15 is 0 Å². The van der Waals surface area contributed by atoms with E-state index in [2.05, 4.69) is 0 Å². The van der Waals surface area contributed by atoms with Crippen molar-refractivity contribution in [3.8, 4) is 5.75 Å². The molecule has 1 heterocycles. The Balaban J connectivity index is 1.58. The predicted octanol–water partition coefficient (Wildman–Crippen LogP) is 2.94. The number of ether oxygens (including phenoxy) is 1. The molecule has 1 fully saturated rings. The molecule has 1 saturated heterocycles. The summed E-state index contributed by atoms with van der Waals surface area (Å²) in [6, 6.07) is 11.6. The van der Waals surface area contributed by atoms with Crippen LogP contribution in [-0.2, 0) is 11.2 Å². The van der Waals surface area contributed by atoms with Gasteiger partial charge in [-0.05, 0) is 54.8 Å². The fourth-order valence-electron chi connectivity index (χ4n) is 3.19. The molecule has 4 nitrogen and oxygen atoms in total. The first-order valence-corrected chi connectivity index (χ1v) is 8.56. The molecule has 1 unspecified atom stereocenters. The summed E-state index contributed by atoms with van der Waals surface area (Å²) in [6.07, 6.45) is 1.30. The maximum absolute atomic E-state index is 13.0. The minimum atomic E-state index is -0.891. The molecule has 138 valence electrons. The van der Waals surface area contributed by atoms with Gasteiger partial charge in [0.05, 0.1) is 5.60 Å². The van der Waals surface area contributed by atoms with Crippen LogP contribution in [0.25, 0.3) is 0 Å². The zero-order valence-electron chi connectivity index (χ0n) is 14.3. The van der Waals surface area contributed by atoms with E-state index in [-0.39, 0.29) is 11.6 Å². The number of piperidine rings is 1. The third kappa shape index (κ3) is 4.65. The molecule has 1 atom stereocenters. The maximum atomic E-state index is 13.0. The largest absolute Gasteiger partial charge is 0.468 e. The van der Waals surface area contributed by atoms with E-state index in [0.29, 0.717) is 44.4 Å². The summed E-state index contributed by atoms with van der Waals surface area (Å²) >= 11 is 0. The van der Waals surface area contributed by atoms with Crippen molar-refractivity contribution in [3.05, 3.63) is 65.7 Å². The standard InChI is InChI=1S/C20H21F2NO3/c21-16-3-1-15(2-4-16)13-20(25)9-11-23(12-10-20)19(14-24)26-18-7-5-17(22)6-8-18/h1-8,14,19,25H,9-13H2. The van der Waals surface area contributed by atoms with E-state index in [1.54, 1.807) is 12.1 Å². The Hall–Kier alpha value is -2.31. The summed E-state index contributed by atoms with van der Waals surface area (Å²) in [5.41, 5.74) is -0.0191. The number of hydrogen-bond donors (Lipinski definition) is 1. The van der Waals surface area contributed by atoms with Crippen molar-refractivity contribution in [3.63, 3.8) is 0 Å². The molecule has 0 radical (unpaired) electrons. The molecule has 0 saturated carbocycles. The Bertz CT molecular complexity index is 726. The molecule has 0 aliphatic carbocycles. The van der Waals surface area contributed by atoms with Gasteiger partial charge in [-0.2, -0.15) is 0 Å². The van der Waals surface area contributed by atoms with E-state index in [1.807, 2.05) is 4.90 Å². The van der Waals surface area contributed by atoms with Gasteiger partial charge in [-0.25, -0.2) is 8.78 Å². The number of benzene rings is 2. The van der Waals surface area contributed by atoms with Gasteiger partial charge in [-0.1, -0.05) is 12.1 Å². The molecule has 1 N–H and O–H groups in total. The second-order valence-corrected chi connectivity index (χ2v) is 6.66. The van der Waals surface area contributed by atoms with Crippen LogP contribution in [0, 0.1) is 11.6 Å². The highest BCUT2D eigenvalue weighted by Gasteiger charge is 2.35. The Morgan fingerprint density at radius 1 is 1.04 bits per heavy atom. The monoisotopic (exact) mass is 361 g/mol. The van der Waals surface area contributed by atoms with Crippen molar-refractivity contribution in [1.29, 1.82) is 0 Å². The summed E-state index contributed by atoms with van der Waals surface area (Å²) in [5.74, 6) is -0.262. The van der Waals surface area contributed by atoms with E-state index in [4.69, 9.17) is 4.74 Å². The van der Waals surface area contributed by atoms with Gasteiger partial charge in [-0.15, -0.1) is 0 Å². The van der Waals surface area contributed by atoms with Crippen LogP contribution in [0.1, 0.15) is 18.4 Å². The number of aliphatic hydroxyl groups is 1. The minimum absolute atomic E-state index is 0.303. The van der Waals surface area contributed by atoms with Crippen LogP contribution in [0.3, 0.4) is 0 Å². The van der Waals surface area contributed by atoms with Crippen LogP contribution in [0.2, 0.25) is 0 Å². The first-order chi connectivity index (χ1) is 12.5. The highest BCUT2D eigenvalue weighted by Crippen LogP contribution is 2.28. The van der Waals surface area contributed by atoms with Crippen LogP contribution in [0.15, 0.2) is 48.5 Å². The van der Waals surface area contributed by atoms with Crippen molar-refractivity contribution < 1.29 is 23.4 Å². The Labute approximate surface area is 151 Å². The van der Waals surface area contributed by atoms with E-state index in [1.165, 1.54) is 36.4 Å². The second kappa shape index (κ2) is 7.93. The number of carbonyl (C=O) groups excluding carboxylic acids is 1. The zero-order valence-corrected chi connectivity index (χ0v) is 14.3. The molecular weight excluding hydrogens is 340 g/mol. The van der Waals surface area contributed by atoms with Gasteiger partial charge < -0.3 is 9.84 Å². The lowest BCUT2D eigenvalue weighted by Crippen LogP contribution is -2.51. The average molecular weight is 361 g/mol. The molecule has 0 aromatic heterocycles. The molecule has 1 aliphatic rings. The average Bonchev–Trinajstić information content (AvgIpc) is 2.64. The lowest BCUT2D eigenvalue weighted by atomic mass is 9.85. The number of hydrogen-bond acceptors (Lipinski definition) is 4. The molecular formula is C20H21F2NO3. The predicted molar refractivity (Wildman–Crippen MR) is 92.7 cm³/mol. The number of nitrogens with zero attached hydrogens (tertiary/aromatic N) is 1. The van der Waals surface area contributed by atoms with Crippen molar-refractivity contribution in [2.45, 2.75) is 31.1 Å². The van der Waals surface area contributed by atoms with Crippen LogP contribution in [0.5, 0.6) is 5.75 Å². The van der Waals surface area contributed by atoms with Gasteiger partial charge in [-0.3, -0.25) is 9.69 Å². The number of halogens is 2. The normalized spacial score (nSPS) is 18.3. The lowest BCUT2D eigenvalue weighted by molar-refractivity contribution is -0.126. The lowest BCUT2D eigenvalue weighted by Gasteiger charge is -2.40. The van der Waals surface area contributed by atoms with Crippen LogP contribution in [0.4, 0.5) is 8.78 Å². The molecule has 2 aromatic rings. The molecule has 0 bridgehead atoms. The topological polar surface area (TPSA) is 49.8 Å². The summed E-state index contributed by atoms with van der Waals surface area (Å²) in [4.78, 5) is 13.3. The minimum Gasteiger partial charge on any atom is -0.468 e. The molecule has 1 aliphatic heterocycles. The van der Waals surface area contributed by atoms with Gasteiger partial charge in [0.1, 0.15) is 17.4 Å².